The van der Waals surface area contributed by atoms with Gasteiger partial charge in [-0.1, -0.05) is 0 Å². The number of aliphatic carboxylic acids is 4. The molecule has 13 heteroatoms. The molecule has 12 nitrogen and oxygen atoms in total. The van der Waals surface area contributed by atoms with Gasteiger partial charge in [-0.3, -0.25) is 38.8 Å². The SMILES string of the molecule is O=C(O)CN1CCN(CC(=O)O)CCN(CC(=O)O)CCN(CC(=O)O)CC1.[Lu+3]. The van der Waals surface area contributed by atoms with Gasteiger partial charge in [-0.05, 0) is 0 Å². The molecule has 0 radical (unpaired) electrons. The molecular weight excluding hydrogens is 551 g/mol. The third-order valence-corrected chi connectivity index (χ3v) is 4.37. The van der Waals surface area contributed by atoms with Crippen LogP contribution in [0.3, 0.4) is 0 Å². The molecule has 29 heavy (non-hydrogen) atoms. The standard InChI is InChI=1S/C16H28N4O8.Lu/c21-13(22)9-17-1-2-18(10-14(23)24)5-6-20(12-16(27)28)8-7-19(4-3-17)11-15(25)26;/h1-12H2,(H,21,22)(H,23,24)(H,25,26)(H,27,28);/q;+3. The van der Waals surface area contributed by atoms with Crippen LogP contribution in [0.2, 0.25) is 0 Å². The Hall–Kier alpha value is -1.05. The van der Waals surface area contributed by atoms with Gasteiger partial charge < -0.3 is 20.4 Å². The molecule has 0 unspecified atom stereocenters. The van der Waals surface area contributed by atoms with Crippen LogP contribution in [0.4, 0.5) is 0 Å². The molecule has 0 aromatic heterocycles. The van der Waals surface area contributed by atoms with Crippen molar-refractivity contribution in [1.29, 1.82) is 0 Å². The van der Waals surface area contributed by atoms with E-state index in [1.54, 1.807) is 19.6 Å². The molecule has 0 atom stereocenters. The summed E-state index contributed by atoms with van der Waals surface area (Å²) >= 11 is 0. The Bertz CT molecular complexity index is 453. The fraction of sp³-hybridized carbons (Fsp3) is 0.750. The van der Waals surface area contributed by atoms with Crippen LogP contribution < -0.4 is 0 Å². The number of carbonyl (C=O) groups is 4. The van der Waals surface area contributed by atoms with Crippen LogP contribution >= 0.6 is 0 Å². The average molecular weight is 579 g/mol. The third-order valence-electron chi connectivity index (χ3n) is 4.37. The minimum Gasteiger partial charge on any atom is -0.480 e. The van der Waals surface area contributed by atoms with E-state index >= 15 is 0 Å². The molecule has 0 aromatic carbocycles. The van der Waals surface area contributed by atoms with Crippen LogP contribution in [-0.4, -0.2) is 142 Å². The molecule has 4 N–H and O–H groups in total. The van der Waals surface area contributed by atoms with Crippen LogP contribution in [0.25, 0.3) is 0 Å². The number of hydrogen-bond donors (Lipinski definition) is 4. The zero-order valence-corrected chi connectivity index (χ0v) is 17.6. The second kappa shape index (κ2) is 14.9. The molecule has 0 spiro atoms. The number of nitrogens with zero attached hydrogens (tertiary/aromatic N) is 4. The average Bonchev–Trinajstić information content (AvgIpc) is 2.55. The third kappa shape index (κ3) is 13.7. The van der Waals surface area contributed by atoms with Gasteiger partial charge in [-0.25, -0.2) is 0 Å². The predicted molar refractivity (Wildman–Crippen MR) is 96.3 cm³/mol. The second-order valence-corrected chi connectivity index (χ2v) is 6.68. The Morgan fingerprint density at radius 2 is 0.586 bits per heavy atom. The largest absolute Gasteiger partial charge is 3.00 e. The zero-order chi connectivity index (χ0) is 21.1. The van der Waals surface area contributed by atoms with Crippen LogP contribution in [0.1, 0.15) is 0 Å². The molecule has 1 aliphatic heterocycles. The second-order valence-electron chi connectivity index (χ2n) is 6.68. The Morgan fingerprint density at radius 3 is 0.690 bits per heavy atom. The van der Waals surface area contributed by atoms with E-state index in [1.807, 2.05) is 0 Å². The molecule has 0 aromatic rings. The molecule has 0 bridgehead atoms. The maximum absolute atomic E-state index is 11.1. The molecule has 1 saturated heterocycles. The Labute approximate surface area is 197 Å². The normalized spacial score (nSPS) is 18.8. The van der Waals surface area contributed by atoms with Gasteiger partial charge in [-0.15, -0.1) is 0 Å². The van der Waals surface area contributed by atoms with Crippen LogP contribution in [0, 0.1) is 36.9 Å². The predicted octanol–water partition coefficient (Wildman–Crippen LogP) is -2.45. The smallest absolute Gasteiger partial charge is 0.480 e. The zero-order valence-electron chi connectivity index (χ0n) is 16.0. The molecule has 1 rings (SSSR count). The summed E-state index contributed by atoms with van der Waals surface area (Å²) in [6.45, 7) is 1.52. The molecular formula is C16H28LuN4O8+3. The van der Waals surface area contributed by atoms with Gasteiger partial charge in [0.15, 0.2) is 0 Å². The molecule has 1 fully saturated rings. The summed E-state index contributed by atoms with van der Waals surface area (Å²) in [4.78, 5) is 50.9. The number of hydrogen-bond acceptors (Lipinski definition) is 8. The summed E-state index contributed by atoms with van der Waals surface area (Å²) in [7, 11) is 0. The van der Waals surface area contributed by atoms with Gasteiger partial charge in [0.2, 0.25) is 0 Å². The van der Waals surface area contributed by atoms with Crippen molar-refractivity contribution >= 4 is 23.9 Å². The van der Waals surface area contributed by atoms with Gasteiger partial charge in [-0.2, -0.15) is 0 Å². The van der Waals surface area contributed by atoms with E-state index in [0.717, 1.165) is 0 Å². The van der Waals surface area contributed by atoms with Gasteiger partial charge in [0.1, 0.15) is 0 Å². The van der Waals surface area contributed by atoms with Crippen molar-refractivity contribution in [2.45, 2.75) is 0 Å². The van der Waals surface area contributed by atoms with Gasteiger partial charge >= 0.3 is 60.8 Å². The Morgan fingerprint density at radius 1 is 0.448 bits per heavy atom. The number of rotatable bonds is 8. The van der Waals surface area contributed by atoms with Crippen molar-refractivity contribution in [3.8, 4) is 0 Å². The summed E-state index contributed by atoms with van der Waals surface area (Å²) < 4.78 is 0. The van der Waals surface area contributed by atoms with Crippen molar-refractivity contribution < 1.29 is 76.5 Å². The minimum absolute atomic E-state index is 0. The number of carboxylic acids is 4. The molecule has 1 aliphatic rings. The van der Waals surface area contributed by atoms with Crippen LogP contribution in [0.5, 0.6) is 0 Å². The quantitative estimate of drug-likeness (QED) is 0.241. The van der Waals surface area contributed by atoms with Gasteiger partial charge in [0.25, 0.3) is 0 Å². The first-order valence-corrected chi connectivity index (χ1v) is 8.92. The topological polar surface area (TPSA) is 162 Å². The van der Waals surface area contributed by atoms with Crippen molar-refractivity contribution in [3.63, 3.8) is 0 Å². The molecule has 0 aliphatic carbocycles. The van der Waals surface area contributed by atoms with Crippen LogP contribution in [-0.2, 0) is 19.2 Å². The first kappa shape index (κ1) is 28.0. The van der Waals surface area contributed by atoms with E-state index in [1.165, 1.54) is 0 Å². The van der Waals surface area contributed by atoms with Crippen molar-refractivity contribution in [2.24, 2.45) is 0 Å². The molecule has 1 heterocycles. The first-order valence-electron chi connectivity index (χ1n) is 8.92. The van der Waals surface area contributed by atoms with Crippen molar-refractivity contribution in [3.05, 3.63) is 0 Å². The van der Waals surface area contributed by atoms with Gasteiger partial charge in [0.05, 0.1) is 26.2 Å². The summed E-state index contributed by atoms with van der Waals surface area (Å²) in [6.07, 6.45) is 0. The molecule has 0 saturated carbocycles. The molecule has 172 valence electrons. The summed E-state index contributed by atoms with van der Waals surface area (Å²) in [6, 6.07) is 0. The van der Waals surface area contributed by atoms with Crippen molar-refractivity contribution in [2.75, 3.05) is 78.5 Å². The number of carboxylic acid groups (broad SMARTS) is 4. The van der Waals surface area contributed by atoms with E-state index in [0.29, 0.717) is 52.4 Å². The summed E-state index contributed by atoms with van der Waals surface area (Å²) in [5, 5.41) is 36.3. The summed E-state index contributed by atoms with van der Waals surface area (Å²) in [5.41, 5.74) is 0. The molecule has 0 amide bonds. The van der Waals surface area contributed by atoms with E-state index < -0.39 is 23.9 Å². The van der Waals surface area contributed by atoms with Crippen LogP contribution in [0.15, 0.2) is 0 Å². The van der Waals surface area contributed by atoms with E-state index in [9.17, 15) is 19.2 Å². The van der Waals surface area contributed by atoms with E-state index in [2.05, 4.69) is 0 Å². The fourth-order valence-corrected chi connectivity index (χ4v) is 2.98. The van der Waals surface area contributed by atoms with Crippen molar-refractivity contribution in [1.82, 2.24) is 19.6 Å². The van der Waals surface area contributed by atoms with Gasteiger partial charge in [0, 0.05) is 52.4 Å². The Balaban J connectivity index is 0.00000784. The van der Waals surface area contributed by atoms with E-state index in [-0.39, 0.29) is 63.1 Å². The monoisotopic (exact) mass is 579 g/mol. The minimum atomic E-state index is -1.02. The maximum Gasteiger partial charge on any atom is 3.00 e. The summed E-state index contributed by atoms with van der Waals surface area (Å²) in [5.74, 6) is -4.08. The van der Waals surface area contributed by atoms with E-state index in [4.69, 9.17) is 20.4 Å². The Kier molecular flexibility index (Phi) is 14.3. The maximum atomic E-state index is 11.1. The fourth-order valence-electron chi connectivity index (χ4n) is 2.98. The first-order chi connectivity index (χ1) is 13.2.